The second-order valence-electron chi connectivity index (χ2n) is 13.9. The van der Waals surface area contributed by atoms with Crippen molar-refractivity contribution < 1.29 is 24.2 Å². The summed E-state index contributed by atoms with van der Waals surface area (Å²) in [6, 6.07) is 0. The molecule has 0 radical (unpaired) electrons. The van der Waals surface area contributed by atoms with Crippen LogP contribution in [0.1, 0.15) is 99.3 Å². The van der Waals surface area contributed by atoms with E-state index in [1.165, 1.54) is 25.3 Å². The molecule has 6 nitrogen and oxygen atoms in total. The van der Waals surface area contributed by atoms with Gasteiger partial charge >= 0.3 is 5.97 Å². The molecule has 2 N–H and O–H groups in total. The van der Waals surface area contributed by atoms with Crippen molar-refractivity contribution >= 4 is 11.9 Å². The van der Waals surface area contributed by atoms with Gasteiger partial charge in [0.15, 0.2) is 5.79 Å². The lowest BCUT2D eigenvalue weighted by Gasteiger charge is -2.58. The summed E-state index contributed by atoms with van der Waals surface area (Å²) in [6.45, 7) is 13.1. The number of fused-ring (bicyclic) bond motifs is 7. The average Bonchev–Trinajstić information content (AvgIpc) is 3.26. The topological polar surface area (TPSA) is 84.9 Å². The van der Waals surface area contributed by atoms with Gasteiger partial charge in [0.1, 0.15) is 6.10 Å². The Balaban J connectivity index is 1.28. The molecule has 0 aromatic carbocycles. The van der Waals surface area contributed by atoms with Gasteiger partial charge in [-0.2, -0.15) is 0 Å². The molecule has 0 spiro atoms. The Morgan fingerprint density at radius 3 is 2.68 bits per heavy atom. The molecule has 11 atom stereocenters. The predicted octanol–water partition coefficient (Wildman–Crippen LogP) is 5.38. The summed E-state index contributed by atoms with van der Waals surface area (Å²) in [4.78, 5) is 22.8. The number of nitrogens with one attached hydrogen (secondary N) is 1. The van der Waals surface area contributed by atoms with Crippen molar-refractivity contribution in [1.82, 2.24) is 5.32 Å². The van der Waals surface area contributed by atoms with Crippen LogP contribution in [0.3, 0.4) is 0 Å². The summed E-state index contributed by atoms with van der Waals surface area (Å²) in [5, 5.41) is 14.6. The van der Waals surface area contributed by atoms with Crippen LogP contribution in [-0.2, 0) is 19.1 Å². The second-order valence-corrected chi connectivity index (χ2v) is 13.9. The highest BCUT2D eigenvalue weighted by Crippen LogP contribution is 2.70. The van der Waals surface area contributed by atoms with E-state index in [0.29, 0.717) is 42.6 Å². The number of amides is 1. The summed E-state index contributed by atoms with van der Waals surface area (Å²) >= 11 is 0. The fraction of sp³-hybridized carbons (Fsp3) is 0.871. The minimum Gasteiger partial charge on any atom is -0.462 e. The molecule has 0 aromatic heterocycles. The highest BCUT2D eigenvalue weighted by atomic mass is 16.6. The van der Waals surface area contributed by atoms with Crippen LogP contribution in [0.15, 0.2) is 11.6 Å². The fourth-order valence-corrected chi connectivity index (χ4v) is 9.81. The summed E-state index contributed by atoms with van der Waals surface area (Å²) in [6.07, 6.45) is 11.8. The Kier molecular flexibility index (Phi) is 7.09. The molecule has 5 aliphatic rings. The van der Waals surface area contributed by atoms with Crippen LogP contribution in [0.4, 0.5) is 0 Å². The number of ether oxygens (including phenoxy) is 2. The van der Waals surface area contributed by atoms with Crippen molar-refractivity contribution in [2.24, 2.45) is 46.3 Å². The lowest BCUT2D eigenvalue weighted by atomic mass is 9.47. The number of hydrogen-bond acceptors (Lipinski definition) is 5. The first-order valence-corrected chi connectivity index (χ1v) is 14.9. The van der Waals surface area contributed by atoms with Gasteiger partial charge in [0, 0.05) is 39.2 Å². The molecule has 0 aromatic rings. The minimum atomic E-state index is -1.06. The molecular weight excluding hydrogens is 466 g/mol. The van der Waals surface area contributed by atoms with Gasteiger partial charge in [-0.3, -0.25) is 9.59 Å². The van der Waals surface area contributed by atoms with E-state index in [2.05, 4.69) is 39.1 Å². The van der Waals surface area contributed by atoms with Gasteiger partial charge in [-0.15, -0.1) is 0 Å². The quantitative estimate of drug-likeness (QED) is 0.366. The molecule has 1 heterocycles. The van der Waals surface area contributed by atoms with Crippen LogP contribution in [0.2, 0.25) is 0 Å². The van der Waals surface area contributed by atoms with E-state index in [9.17, 15) is 14.7 Å². The zero-order valence-electron chi connectivity index (χ0n) is 23.8. The molecule has 208 valence electrons. The van der Waals surface area contributed by atoms with Crippen molar-refractivity contribution in [1.29, 1.82) is 0 Å². The third kappa shape index (κ3) is 4.58. The Morgan fingerprint density at radius 1 is 1.22 bits per heavy atom. The van der Waals surface area contributed by atoms with Gasteiger partial charge in [0.2, 0.25) is 5.91 Å². The van der Waals surface area contributed by atoms with E-state index in [1.807, 2.05) is 0 Å². The lowest BCUT2D eigenvalue weighted by molar-refractivity contribution is -0.220. The van der Waals surface area contributed by atoms with Gasteiger partial charge in [0.05, 0.1) is 6.10 Å². The van der Waals surface area contributed by atoms with Crippen LogP contribution in [0.25, 0.3) is 0 Å². The smallest absolute Gasteiger partial charge is 0.302 e. The monoisotopic (exact) mass is 515 g/mol. The molecule has 3 saturated carbocycles. The highest BCUT2D eigenvalue weighted by molar-refractivity contribution is 5.72. The molecule has 5 rings (SSSR count). The molecule has 37 heavy (non-hydrogen) atoms. The van der Waals surface area contributed by atoms with E-state index < -0.39 is 5.79 Å². The van der Waals surface area contributed by atoms with Crippen molar-refractivity contribution in [3.63, 3.8) is 0 Å². The van der Waals surface area contributed by atoms with Gasteiger partial charge in [-0.1, -0.05) is 39.3 Å². The zero-order chi connectivity index (χ0) is 26.8. The first kappa shape index (κ1) is 27.2. The Morgan fingerprint density at radius 2 is 1.97 bits per heavy atom. The van der Waals surface area contributed by atoms with Crippen molar-refractivity contribution in [2.45, 2.75) is 117 Å². The maximum Gasteiger partial charge on any atom is 0.302 e. The number of hydrogen-bond donors (Lipinski definition) is 2. The van der Waals surface area contributed by atoms with Crippen molar-refractivity contribution in [3.05, 3.63) is 11.6 Å². The number of rotatable bonds is 6. The maximum atomic E-state index is 11.7. The van der Waals surface area contributed by atoms with Crippen LogP contribution < -0.4 is 5.32 Å². The zero-order valence-corrected chi connectivity index (χ0v) is 23.8. The number of allylic oxidation sites excluding steroid dienone is 1. The number of aliphatic hydroxyl groups is 1. The molecule has 1 saturated heterocycles. The molecule has 4 fully saturated rings. The summed E-state index contributed by atoms with van der Waals surface area (Å²) in [7, 11) is 0. The third-order valence-electron chi connectivity index (χ3n) is 11.8. The van der Waals surface area contributed by atoms with Gasteiger partial charge < -0.3 is 19.9 Å². The molecule has 6 heteroatoms. The predicted molar refractivity (Wildman–Crippen MR) is 142 cm³/mol. The van der Waals surface area contributed by atoms with Crippen LogP contribution in [0.5, 0.6) is 0 Å². The highest BCUT2D eigenvalue weighted by Gasteiger charge is 2.67. The molecular formula is C31H49NO5. The van der Waals surface area contributed by atoms with E-state index in [-0.39, 0.29) is 40.8 Å². The summed E-state index contributed by atoms with van der Waals surface area (Å²) in [5.41, 5.74) is 1.95. The van der Waals surface area contributed by atoms with E-state index >= 15 is 0 Å². The normalized spacial score (nSPS) is 47.1. The van der Waals surface area contributed by atoms with Crippen molar-refractivity contribution in [2.75, 3.05) is 6.54 Å². The second kappa shape index (κ2) is 9.66. The molecule has 1 amide bonds. The maximum absolute atomic E-state index is 11.7. The lowest BCUT2D eigenvalue weighted by Crippen LogP contribution is -2.52. The first-order chi connectivity index (χ1) is 17.4. The van der Waals surface area contributed by atoms with Gasteiger partial charge in [-0.25, -0.2) is 0 Å². The summed E-state index contributed by atoms with van der Waals surface area (Å²) in [5.74, 6) is 1.58. The van der Waals surface area contributed by atoms with Crippen LogP contribution in [-0.4, -0.2) is 41.5 Å². The minimum absolute atomic E-state index is 0.00359. The van der Waals surface area contributed by atoms with Gasteiger partial charge in [0.25, 0.3) is 0 Å². The molecule has 0 unspecified atom stereocenters. The summed E-state index contributed by atoms with van der Waals surface area (Å²) < 4.78 is 12.2. The van der Waals surface area contributed by atoms with Gasteiger partial charge in [-0.05, 0) is 85.4 Å². The number of esters is 1. The molecule has 4 aliphatic carbocycles. The first-order valence-electron chi connectivity index (χ1n) is 14.9. The van der Waals surface area contributed by atoms with Crippen LogP contribution >= 0.6 is 0 Å². The Hall–Kier alpha value is -1.40. The SMILES string of the molecule is CC(=O)NC[C@H](C)CC[C@]1(O)O[C@@H]2C[C@H]3[C@@H]4CC=C5C[C@@H](OC(C)=O)CC[C@]5(C)[C@H]4CC[C@]3(C)[C@H]2[C@@H]1C. The standard InChI is InChI=1S/C31H49NO5/c1-18(17-32-20(3)33)9-14-31(35)19(2)28-27(37-31)16-26-24-8-7-22-15-23(36-21(4)34)10-12-29(22,5)25(24)11-13-30(26,28)6/h7,18-19,23-28,35H,8-17H2,1-6H3,(H,32,33)/t18-,19+,23+,24-,25+,26+,27-,28+,29+,30+,31+/m1/s1. The van der Waals surface area contributed by atoms with E-state index in [4.69, 9.17) is 9.47 Å². The molecule has 0 bridgehead atoms. The average molecular weight is 516 g/mol. The van der Waals surface area contributed by atoms with Crippen LogP contribution in [0, 0.1) is 46.3 Å². The Labute approximate surface area is 223 Å². The fourth-order valence-electron chi connectivity index (χ4n) is 9.81. The molecule has 1 aliphatic heterocycles. The largest absolute Gasteiger partial charge is 0.462 e. The Bertz CT molecular complexity index is 948. The van der Waals surface area contributed by atoms with E-state index in [1.54, 1.807) is 6.92 Å². The van der Waals surface area contributed by atoms with Crippen molar-refractivity contribution in [3.8, 4) is 0 Å². The number of carbonyl (C=O) groups excluding carboxylic acids is 2. The number of carbonyl (C=O) groups is 2. The third-order valence-corrected chi connectivity index (χ3v) is 11.8. The van der Waals surface area contributed by atoms with E-state index in [0.717, 1.165) is 38.5 Å².